The van der Waals surface area contributed by atoms with Crippen LogP contribution in [0.25, 0.3) is 16.1 Å². The van der Waals surface area contributed by atoms with Gasteiger partial charge in [0, 0.05) is 33.3 Å². The number of thiazole rings is 1. The van der Waals surface area contributed by atoms with Crippen molar-refractivity contribution in [3.8, 4) is 10.6 Å². The Balaban J connectivity index is 0.000000648. The van der Waals surface area contributed by atoms with Crippen LogP contribution in [0.3, 0.4) is 0 Å². The topological polar surface area (TPSA) is 68.9 Å². The molecule has 0 atom stereocenters. The molecule has 0 N–H and O–H groups in total. The lowest BCUT2D eigenvalue weighted by atomic mass is 10.1. The van der Waals surface area contributed by atoms with Gasteiger partial charge in [-0.3, -0.25) is 15.1 Å². The number of nitro groups is 1. The number of aromatic nitrogens is 2. The first-order chi connectivity index (χ1) is 11.5. The monoisotopic (exact) mass is 343 g/mol. The second kappa shape index (κ2) is 10.2. The molecule has 0 radical (unpaired) electrons. The molecule has 0 aliphatic heterocycles. The summed E-state index contributed by atoms with van der Waals surface area (Å²) in [5.41, 5.74) is 4.17. The van der Waals surface area contributed by atoms with Crippen molar-refractivity contribution in [2.75, 3.05) is 7.05 Å². The number of allylic oxidation sites excluding steroid dienone is 4. The zero-order chi connectivity index (χ0) is 17.9. The lowest BCUT2D eigenvalue weighted by Crippen LogP contribution is -1.89. The second-order valence-electron chi connectivity index (χ2n) is 4.83. The Morgan fingerprint density at radius 3 is 2.75 bits per heavy atom. The van der Waals surface area contributed by atoms with Crippen LogP contribution >= 0.6 is 11.3 Å². The van der Waals surface area contributed by atoms with Crippen LogP contribution in [0.2, 0.25) is 0 Å². The maximum Gasteiger partial charge on any atom is 0.194 e. The molecule has 2 aromatic heterocycles. The molecule has 0 amide bonds. The van der Waals surface area contributed by atoms with E-state index in [-0.39, 0.29) is 0 Å². The summed E-state index contributed by atoms with van der Waals surface area (Å²) >= 11 is 1.64. The van der Waals surface area contributed by atoms with E-state index in [2.05, 4.69) is 36.1 Å². The van der Waals surface area contributed by atoms with Crippen molar-refractivity contribution in [1.29, 1.82) is 0 Å². The molecule has 126 valence electrons. The molecule has 0 bridgehead atoms. The first-order valence-corrected chi connectivity index (χ1v) is 8.34. The van der Waals surface area contributed by atoms with Crippen molar-refractivity contribution in [3.05, 3.63) is 76.6 Å². The molecule has 5 nitrogen and oxygen atoms in total. The number of aryl methyl sites for hydroxylation is 1. The summed E-state index contributed by atoms with van der Waals surface area (Å²) in [4.78, 5) is 17.4. The Bertz CT molecular complexity index is 731. The first kappa shape index (κ1) is 19.4. The van der Waals surface area contributed by atoms with E-state index in [1.165, 1.54) is 0 Å². The van der Waals surface area contributed by atoms with Gasteiger partial charge in [0.2, 0.25) is 0 Å². The van der Waals surface area contributed by atoms with Gasteiger partial charge in [0.25, 0.3) is 0 Å². The van der Waals surface area contributed by atoms with Crippen LogP contribution in [0.5, 0.6) is 0 Å². The quantitative estimate of drug-likeness (QED) is 0.429. The van der Waals surface area contributed by atoms with E-state index >= 15 is 0 Å². The van der Waals surface area contributed by atoms with E-state index in [1.807, 2.05) is 23.7 Å². The summed E-state index contributed by atoms with van der Waals surface area (Å²) in [6, 6.07) is 4.13. The van der Waals surface area contributed by atoms with Gasteiger partial charge in [-0.2, -0.15) is 0 Å². The fourth-order valence-electron chi connectivity index (χ4n) is 1.93. The number of nitrogens with zero attached hydrogens (tertiary/aromatic N) is 3. The first-order valence-electron chi connectivity index (χ1n) is 7.46. The molecular formula is C18H21N3O2S. The molecule has 0 unspecified atom stereocenters. The smallest absolute Gasteiger partial charge is 0.194 e. The molecule has 0 aliphatic carbocycles. The van der Waals surface area contributed by atoms with Crippen molar-refractivity contribution in [1.82, 2.24) is 9.97 Å². The standard InChI is InChI=1S/C17H18N2S.CH3NO2/c1-4-7-13(6-3)16-12-20-17(19-16)14-9-10-18-15(11-14)8-5-2;1-2(3)4/h4,6-7,9-12H,1,3,5,8H2,2H3;1H3/b13-7+;. The van der Waals surface area contributed by atoms with Crippen LogP contribution in [0.4, 0.5) is 0 Å². The molecular weight excluding hydrogens is 322 g/mol. The molecule has 0 spiro atoms. The van der Waals surface area contributed by atoms with Gasteiger partial charge in [0.1, 0.15) is 5.01 Å². The number of rotatable bonds is 6. The third-order valence-corrected chi connectivity index (χ3v) is 3.78. The average molecular weight is 343 g/mol. The summed E-state index contributed by atoms with van der Waals surface area (Å²) < 4.78 is 0. The number of hydrogen-bond acceptors (Lipinski definition) is 5. The molecule has 0 saturated heterocycles. The molecule has 6 heteroatoms. The van der Waals surface area contributed by atoms with Gasteiger partial charge in [-0.25, -0.2) is 4.98 Å². The van der Waals surface area contributed by atoms with E-state index in [0.717, 1.165) is 47.4 Å². The highest BCUT2D eigenvalue weighted by atomic mass is 32.1. The lowest BCUT2D eigenvalue weighted by molar-refractivity contribution is -0.445. The SMILES string of the molecule is C=C/C=C(\C=C)c1csc(-c2ccnc(CCC)c2)n1.C[N+](=O)[O-]. The van der Waals surface area contributed by atoms with Gasteiger partial charge in [-0.1, -0.05) is 44.7 Å². The van der Waals surface area contributed by atoms with Crippen molar-refractivity contribution < 1.29 is 4.92 Å². The fourth-order valence-corrected chi connectivity index (χ4v) is 2.75. The highest BCUT2D eigenvalue weighted by Crippen LogP contribution is 2.27. The van der Waals surface area contributed by atoms with Crippen molar-refractivity contribution in [2.24, 2.45) is 0 Å². The molecule has 2 aromatic rings. The molecule has 0 fully saturated rings. The van der Waals surface area contributed by atoms with Gasteiger partial charge in [-0.05, 0) is 18.6 Å². The number of hydrogen-bond donors (Lipinski definition) is 0. The molecule has 2 heterocycles. The minimum atomic E-state index is -0.500. The minimum absolute atomic E-state index is 0.500. The summed E-state index contributed by atoms with van der Waals surface area (Å²) in [5, 5.41) is 11.9. The highest BCUT2D eigenvalue weighted by Gasteiger charge is 2.07. The second-order valence-corrected chi connectivity index (χ2v) is 5.68. The molecule has 0 aromatic carbocycles. The predicted octanol–water partition coefficient (Wildman–Crippen LogP) is 4.81. The van der Waals surface area contributed by atoms with Crippen LogP contribution in [-0.2, 0) is 6.42 Å². The number of pyridine rings is 1. The maximum atomic E-state index is 8.81. The zero-order valence-electron chi connectivity index (χ0n) is 13.9. The predicted molar refractivity (Wildman–Crippen MR) is 101 cm³/mol. The van der Waals surface area contributed by atoms with E-state index < -0.39 is 4.92 Å². The zero-order valence-corrected chi connectivity index (χ0v) is 14.8. The third kappa shape index (κ3) is 6.26. The minimum Gasteiger partial charge on any atom is -0.265 e. The summed E-state index contributed by atoms with van der Waals surface area (Å²) in [5.74, 6) is 0. The van der Waals surface area contributed by atoms with Crippen LogP contribution in [0.15, 0.2) is 55.1 Å². The molecule has 0 saturated carbocycles. The normalized spacial score (nSPS) is 10.5. The Kier molecular flexibility index (Phi) is 8.29. The lowest BCUT2D eigenvalue weighted by Gasteiger charge is -2.00. The van der Waals surface area contributed by atoms with Gasteiger partial charge in [-0.15, -0.1) is 11.3 Å². The van der Waals surface area contributed by atoms with Crippen LogP contribution < -0.4 is 0 Å². The summed E-state index contributed by atoms with van der Waals surface area (Å²) in [6.45, 7) is 9.69. The largest absolute Gasteiger partial charge is 0.265 e. The van der Waals surface area contributed by atoms with Crippen LogP contribution in [-0.4, -0.2) is 21.9 Å². The maximum absolute atomic E-state index is 8.81. The molecule has 0 aliphatic rings. The van der Waals surface area contributed by atoms with E-state index in [9.17, 15) is 0 Å². The molecule has 2 rings (SSSR count). The van der Waals surface area contributed by atoms with E-state index in [0.29, 0.717) is 0 Å². The van der Waals surface area contributed by atoms with E-state index in [4.69, 9.17) is 10.1 Å². The Morgan fingerprint density at radius 1 is 1.46 bits per heavy atom. The van der Waals surface area contributed by atoms with Gasteiger partial charge >= 0.3 is 0 Å². The van der Waals surface area contributed by atoms with Crippen molar-refractivity contribution in [2.45, 2.75) is 19.8 Å². The van der Waals surface area contributed by atoms with Gasteiger partial charge in [0.15, 0.2) is 7.05 Å². The Hall–Kier alpha value is -2.60. The Labute approximate surface area is 146 Å². The van der Waals surface area contributed by atoms with Crippen LogP contribution in [0, 0.1) is 10.1 Å². The van der Waals surface area contributed by atoms with Gasteiger partial charge in [0.05, 0.1) is 5.69 Å². The third-order valence-electron chi connectivity index (χ3n) is 2.89. The average Bonchev–Trinajstić information content (AvgIpc) is 3.02. The van der Waals surface area contributed by atoms with Crippen molar-refractivity contribution in [3.63, 3.8) is 0 Å². The Morgan fingerprint density at radius 2 is 2.17 bits per heavy atom. The van der Waals surface area contributed by atoms with Gasteiger partial charge < -0.3 is 0 Å². The fraction of sp³-hybridized carbons (Fsp3) is 0.222. The van der Waals surface area contributed by atoms with Crippen molar-refractivity contribution >= 4 is 16.9 Å². The highest BCUT2D eigenvalue weighted by molar-refractivity contribution is 7.13. The molecule has 24 heavy (non-hydrogen) atoms. The summed E-state index contributed by atoms with van der Waals surface area (Å²) in [7, 11) is 0.889. The summed E-state index contributed by atoms with van der Waals surface area (Å²) in [6.07, 6.45) is 9.43. The van der Waals surface area contributed by atoms with E-state index in [1.54, 1.807) is 23.5 Å². The van der Waals surface area contributed by atoms with Crippen LogP contribution in [0.1, 0.15) is 24.7 Å².